The first-order valence-corrected chi connectivity index (χ1v) is 11.2. The van der Waals surface area contributed by atoms with Gasteiger partial charge in [0.1, 0.15) is 0 Å². The van der Waals surface area contributed by atoms with Gasteiger partial charge in [-0.2, -0.15) is 13.2 Å². The molecule has 28 heavy (non-hydrogen) atoms. The number of terminal acetylenes is 1. The Bertz CT molecular complexity index is 608. The van der Waals surface area contributed by atoms with Gasteiger partial charge < -0.3 is 5.48 Å². The highest BCUT2D eigenvalue weighted by atomic mass is 19.4. The van der Waals surface area contributed by atoms with Crippen molar-refractivity contribution in [1.82, 2.24) is 0 Å². The third kappa shape index (κ3) is 3.51. The zero-order valence-corrected chi connectivity index (χ0v) is 17.5. The average Bonchev–Trinajstić information content (AvgIpc) is 2.95. The highest BCUT2D eigenvalue weighted by molar-refractivity contribution is 5.10. The molecule has 0 aromatic heterocycles. The minimum absolute atomic E-state index is 0. The van der Waals surface area contributed by atoms with E-state index in [-0.39, 0.29) is 16.8 Å². The Balaban J connectivity index is 0.00000225. The van der Waals surface area contributed by atoms with Gasteiger partial charge in [0.2, 0.25) is 0 Å². The van der Waals surface area contributed by atoms with E-state index in [2.05, 4.69) is 19.8 Å². The third-order valence-corrected chi connectivity index (χ3v) is 9.87. The van der Waals surface area contributed by atoms with Crippen molar-refractivity contribution in [2.24, 2.45) is 46.3 Å². The molecule has 0 aromatic carbocycles. The Labute approximate surface area is 168 Å². The zero-order valence-electron chi connectivity index (χ0n) is 17.5. The fourth-order valence-electron chi connectivity index (χ4n) is 8.33. The second-order valence-electron chi connectivity index (χ2n) is 10.8. The number of rotatable bonds is 2. The number of halogens is 3. The van der Waals surface area contributed by atoms with Crippen LogP contribution >= 0.6 is 0 Å². The maximum Gasteiger partial charge on any atom is 0.389 e. The summed E-state index contributed by atoms with van der Waals surface area (Å²) >= 11 is 0. The predicted molar refractivity (Wildman–Crippen MR) is 106 cm³/mol. The molecule has 8 atom stereocenters. The normalized spacial score (nSPS) is 47.9. The molecule has 8 unspecified atom stereocenters. The van der Waals surface area contributed by atoms with Gasteiger partial charge in [-0.1, -0.05) is 13.8 Å². The summed E-state index contributed by atoms with van der Waals surface area (Å²) in [6, 6.07) is 0. The average molecular weight is 399 g/mol. The highest BCUT2D eigenvalue weighted by Crippen LogP contribution is 2.68. The molecule has 2 N–H and O–H groups in total. The van der Waals surface area contributed by atoms with Crippen molar-refractivity contribution in [3.05, 3.63) is 0 Å². The largest absolute Gasteiger partial charge is 0.412 e. The molecule has 4 fully saturated rings. The van der Waals surface area contributed by atoms with Crippen LogP contribution in [0, 0.1) is 58.7 Å². The van der Waals surface area contributed by atoms with E-state index in [0.29, 0.717) is 23.7 Å². The molecule has 0 amide bonds. The first-order chi connectivity index (χ1) is 12.7. The maximum absolute atomic E-state index is 12.8. The predicted octanol–water partition coefficient (Wildman–Crippen LogP) is 6.41. The molecule has 0 heterocycles. The quantitative estimate of drug-likeness (QED) is 0.481. The van der Waals surface area contributed by atoms with Gasteiger partial charge in [-0.3, -0.25) is 0 Å². The van der Waals surface area contributed by atoms with Crippen LogP contribution in [-0.2, 0) is 0 Å². The molecule has 0 aliphatic heterocycles. The van der Waals surface area contributed by atoms with E-state index >= 15 is 0 Å². The van der Waals surface area contributed by atoms with Gasteiger partial charge in [-0.05, 0) is 105 Å². The number of alkyl halides is 3. The minimum Gasteiger partial charge on any atom is -0.412 e. The van der Waals surface area contributed by atoms with E-state index < -0.39 is 12.6 Å². The van der Waals surface area contributed by atoms with E-state index in [1.54, 1.807) is 0 Å². The summed E-state index contributed by atoms with van der Waals surface area (Å²) in [5.74, 6) is 6.67. The molecule has 0 bridgehead atoms. The fraction of sp³-hybridized carbons (Fsp3) is 0.917. The molecule has 0 saturated heterocycles. The van der Waals surface area contributed by atoms with Crippen LogP contribution in [0.4, 0.5) is 13.2 Å². The van der Waals surface area contributed by atoms with E-state index in [1.807, 2.05) is 0 Å². The van der Waals surface area contributed by atoms with Crippen LogP contribution in [0.3, 0.4) is 0 Å². The number of fused-ring (bicyclic) bond motifs is 5. The Morgan fingerprint density at radius 2 is 1.61 bits per heavy atom. The molecular weight excluding hydrogens is 361 g/mol. The lowest BCUT2D eigenvalue weighted by Crippen LogP contribution is -2.53. The first-order valence-electron chi connectivity index (χ1n) is 11.2. The molecular formula is C24H37F3O. The summed E-state index contributed by atoms with van der Waals surface area (Å²) in [5.41, 5.74) is 0.563. The van der Waals surface area contributed by atoms with Gasteiger partial charge in [-0.25, -0.2) is 0 Å². The SMILES string of the molecule is C#CC1CCC2(C)C(CCC3C4CCC(CCC(F)(F)F)C4(C)CCC32)C1.O. The van der Waals surface area contributed by atoms with Crippen molar-refractivity contribution in [2.75, 3.05) is 0 Å². The zero-order chi connectivity index (χ0) is 19.4. The third-order valence-electron chi connectivity index (χ3n) is 9.87. The summed E-state index contributed by atoms with van der Waals surface area (Å²) < 4.78 is 38.4. The van der Waals surface area contributed by atoms with Crippen LogP contribution in [0.15, 0.2) is 0 Å². The van der Waals surface area contributed by atoms with Crippen molar-refractivity contribution < 1.29 is 18.6 Å². The van der Waals surface area contributed by atoms with E-state index in [0.717, 1.165) is 37.0 Å². The van der Waals surface area contributed by atoms with Crippen molar-refractivity contribution >= 4 is 0 Å². The van der Waals surface area contributed by atoms with Crippen molar-refractivity contribution in [3.63, 3.8) is 0 Å². The highest BCUT2D eigenvalue weighted by Gasteiger charge is 2.60. The van der Waals surface area contributed by atoms with Crippen LogP contribution in [0.25, 0.3) is 0 Å². The maximum atomic E-state index is 12.8. The number of hydrogen-bond donors (Lipinski definition) is 0. The summed E-state index contributed by atoms with van der Waals surface area (Å²) in [6.45, 7) is 4.87. The van der Waals surface area contributed by atoms with Gasteiger partial charge in [-0.15, -0.1) is 12.3 Å². The Kier molecular flexibility index (Phi) is 5.92. The van der Waals surface area contributed by atoms with E-state index in [4.69, 9.17) is 6.42 Å². The summed E-state index contributed by atoms with van der Waals surface area (Å²) in [4.78, 5) is 0. The Hall–Kier alpha value is -0.690. The summed E-state index contributed by atoms with van der Waals surface area (Å²) in [6.07, 6.45) is 12.2. The van der Waals surface area contributed by atoms with Crippen LogP contribution < -0.4 is 0 Å². The minimum atomic E-state index is -4.01. The molecule has 4 aliphatic rings. The van der Waals surface area contributed by atoms with Crippen LogP contribution in [0.5, 0.6) is 0 Å². The molecule has 0 aromatic rings. The monoisotopic (exact) mass is 398 g/mol. The molecule has 0 spiro atoms. The van der Waals surface area contributed by atoms with Gasteiger partial charge in [0.05, 0.1) is 0 Å². The van der Waals surface area contributed by atoms with Crippen molar-refractivity contribution in [3.8, 4) is 12.3 Å². The second-order valence-corrected chi connectivity index (χ2v) is 10.8. The van der Waals surface area contributed by atoms with Crippen LogP contribution in [-0.4, -0.2) is 11.7 Å². The van der Waals surface area contributed by atoms with Gasteiger partial charge in [0, 0.05) is 12.3 Å². The Morgan fingerprint density at radius 1 is 0.929 bits per heavy atom. The lowest BCUT2D eigenvalue weighted by Gasteiger charge is -2.61. The van der Waals surface area contributed by atoms with Crippen molar-refractivity contribution in [1.29, 1.82) is 0 Å². The second kappa shape index (κ2) is 7.53. The number of hydrogen-bond acceptors (Lipinski definition) is 0. The smallest absolute Gasteiger partial charge is 0.389 e. The molecule has 4 rings (SSSR count). The topological polar surface area (TPSA) is 31.5 Å². The molecule has 1 nitrogen and oxygen atoms in total. The van der Waals surface area contributed by atoms with Gasteiger partial charge in [0.25, 0.3) is 0 Å². The molecule has 160 valence electrons. The molecule has 4 heteroatoms. The molecule has 4 saturated carbocycles. The fourth-order valence-corrected chi connectivity index (χ4v) is 8.33. The summed E-state index contributed by atoms with van der Waals surface area (Å²) in [7, 11) is 0. The standard InChI is InChI=1S/C24H35F3.H2O/c1-4-16-9-12-23(3)18(15-16)5-7-19-20-8-6-17(10-14-24(25,26)27)22(20,2)13-11-21(19)23;/h1,16-21H,5-15H2,2-3H3;1H2. The lowest BCUT2D eigenvalue weighted by molar-refractivity contribution is -0.144. The van der Waals surface area contributed by atoms with E-state index in [9.17, 15) is 13.2 Å². The van der Waals surface area contributed by atoms with Crippen LogP contribution in [0.2, 0.25) is 0 Å². The van der Waals surface area contributed by atoms with Gasteiger partial charge in [0.15, 0.2) is 0 Å². The molecule has 0 radical (unpaired) electrons. The Morgan fingerprint density at radius 3 is 2.29 bits per heavy atom. The lowest BCUT2D eigenvalue weighted by atomic mass is 9.44. The van der Waals surface area contributed by atoms with E-state index in [1.165, 1.54) is 38.5 Å². The molecule has 4 aliphatic carbocycles. The first kappa shape index (κ1) is 22.0. The van der Waals surface area contributed by atoms with Crippen LogP contribution in [0.1, 0.15) is 84.5 Å². The summed E-state index contributed by atoms with van der Waals surface area (Å²) in [5, 5.41) is 0. The van der Waals surface area contributed by atoms with Gasteiger partial charge >= 0.3 is 6.18 Å². The van der Waals surface area contributed by atoms with Crippen molar-refractivity contribution in [2.45, 2.75) is 90.7 Å².